The van der Waals surface area contributed by atoms with Crippen LogP contribution in [-0.2, 0) is 66.0 Å². The Morgan fingerprint density at radius 1 is 0.722 bits per heavy atom. The standard InChI is InChI=1S/C6H12O2.2C5H10O2.C5H12O2.CH2O.3CH4.2W/c1-6(2)3-7-5-8-4-6;2*1-5(2,3)4(6)7;1-5(2,3-6)4-7;1-2;;;;;/h3-5H2,1-2H3;2*1-3H3,(H,6,7);6-7H,3-4H2,1-2H3;1H2;3*1H4;;. The van der Waals surface area contributed by atoms with Gasteiger partial charge in [-0.2, -0.15) is 0 Å². The minimum Gasteiger partial charge on any atom is -0.481 e. The summed E-state index contributed by atoms with van der Waals surface area (Å²) in [5.41, 5.74) is -1.24. The third-order valence-corrected chi connectivity index (χ3v) is 3.29. The van der Waals surface area contributed by atoms with Gasteiger partial charge in [0.05, 0.1) is 37.3 Å². The molecule has 1 saturated heterocycles. The van der Waals surface area contributed by atoms with Crippen molar-refractivity contribution in [1.82, 2.24) is 0 Å². The summed E-state index contributed by atoms with van der Waals surface area (Å²) in [5, 5.41) is 33.4. The topological polar surface area (TPSA) is 151 Å². The van der Waals surface area contributed by atoms with E-state index in [9.17, 15) is 9.59 Å². The number of aliphatic hydroxyl groups is 2. The van der Waals surface area contributed by atoms with Gasteiger partial charge in [0, 0.05) is 53.0 Å². The van der Waals surface area contributed by atoms with E-state index in [1.54, 1.807) is 55.4 Å². The number of aliphatic hydroxyl groups excluding tert-OH is 2. The minimum atomic E-state index is -0.757. The Bertz CT molecular complexity index is 447. The number of carboxylic acid groups (broad SMARTS) is 2. The summed E-state index contributed by atoms with van der Waals surface area (Å²) in [5.74, 6) is -1.51. The van der Waals surface area contributed by atoms with E-state index in [2.05, 4.69) is 13.8 Å². The summed E-state index contributed by atoms with van der Waals surface area (Å²) in [6, 6.07) is 0. The normalized spacial score (nSPS) is 13.0. The molecule has 1 aliphatic rings. The van der Waals surface area contributed by atoms with Crippen LogP contribution in [0.2, 0.25) is 0 Å². The Labute approximate surface area is 250 Å². The number of hydrogen-bond acceptors (Lipinski definition) is 7. The van der Waals surface area contributed by atoms with Crippen LogP contribution < -0.4 is 0 Å². The van der Waals surface area contributed by atoms with Gasteiger partial charge in [0.1, 0.15) is 13.6 Å². The first kappa shape index (κ1) is 60.4. The zero-order valence-electron chi connectivity index (χ0n) is 21.9. The van der Waals surface area contributed by atoms with Crippen LogP contribution in [0.15, 0.2) is 0 Å². The first-order valence-corrected chi connectivity index (χ1v) is 9.85. The van der Waals surface area contributed by atoms with Crippen LogP contribution in [0, 0.1) is 21.7 Å². The van der Waals surface area contributed by atoms with Crippen LogP contribution in [0.5, 0.6) is 0 Å². The van der Waals surface area contributed by atoms with Gasteiger partial charge >= 0.3 is 11.9 Å². The van der Waals surface area contributed by atoms with E-state index in [1.165, 1.54) is 0 Å². The SMILES string of the molecule is C.C.C.C=O.CC(C)(C)C(=O)O.CC(C)(C)C(=O)O.CC(C)(CO)CO.CC1(C)COCOC1.[W].[W]. The van der Waals surface area contributed by atoms with Crippen molar-refractivity contribution in [3.05, 3.63) is 0 Å². The average molecular weight is 870 g/mol. The van der Waals surface area contributed by atoms with E-state index in [0.717, 1.165) is 13.2 Å². The fourth-order valence-electron chi connectivity index (χ4n) is 0.787. The number of hydrogen-bond donors (Lipinski definition) is 4. The van der Waals surface area contributed by atoms with E-state index in [4.69, 9.17) is 34.7 Å². The van der Waals surface area contributed by atoms with Crippen LogP contribution in [0.25, 0.3) is 0 Å². The maximum absolute atomic E-state index is 10.0. The molecular weight excluding hydrogens is 812 g/mol. The van der Waals surface area contributed by atoms with Crippen molar-refractivity contribution in [2.75, 3.05) is 33.2 Å². The minimum absolute atomic E-state index is 0. The van der Waals surface area contributed by atoms with Crippen molar-refractivity contribution in [2.45, 2.75) is 91.5 Å². The van der Waals surface area contributed by atoms with Crippen molar-refractivity contribution in [2.24, 2.45) is 21.7 Å². The molecule has 11 heteroatoms. The van der Waals surface area contributed by atoms with E-state index in [1.807, 2.05) is 6.79 Å². The van der Waals surface area contributed by atoms with Crippen LogP contribution in [0.3, 0.4) is 0 Å². The van der Waals surface area contributed by atoms with Crippen molar-refractivity contribution in [3.8, 4) is 0 Å². The number of aliphatic carboxylic acids is 2. The average Bonchev–Trinajstić information content (AvgIpc) is 2.63. The molecule has 4 N–H and O–H groups in total. The molecule has 0 bridgehead atoms. The maximum atomic E-state index is 10.0. The molecule has 1 rings (SSSR count). The predicted molar refractivity (Wildman–Crippen MR) is 140 cm³/mol. The summed E-state index contributed by atoms with van der Waals surface area (Å²) in [6.07, 6.45) is 0. The van der Waals surface area contributed by atoms with Gasteiger partial charge in [-0.3, -0.25) is 9.59 Å². The van der Waals surface area contributed by atoms with Crippen LogP contribution in [0.4, 0.5) is 0 Å². The van der Waals surface area contributed by atoms with Crippen LogP contribution in [-0.4, -0.2) is 72.4 Å². The summed E-state index contributed by atoms with van der Waals surface area (Å²) in [6.45, 7) is 22.1. The molecule has 0 aromatic rings. The van der Waals surface area contributed by atoms with Gasteiger partial charge in [0.2, 0.25) is 0 Å². The fourth-order valence-corrected chi connectivity index (χ4v) is 0.787. The first-order valence-electron chi connectivity index (χ1n) is 9.85. The molecule has 1 heterocycles. The predicted octanol–water partition coefficient (Wildman–Crippen LogP) is 4.97. The summed E-state index contributed by atoms with van der Waals surface area (Å²) in [4.78, 5) is 28.0. The Balaban J connectivity index is -0.0000000361. The molecule has 0 saturated carbocycles. The van der Waals surface area contributed by atoms with Gasteiger partial charge in [-0.05, 0) is 41.5 Å². The molecule has 0 atom stereocenters. The smallest absolute Gasteiger partial charge is 0.308 e. The van der Waals surface area contributed by atoms with Crippen molar-refractivity contribution < 1.29 is 86.4 Å². The molecule has 0 unspecified atom stereocenters. The number of carbonyl (C=O) groups excluding carboxylic acids is 1. The van der Waals surface area contributed by atoms with Crippen molar-refractivity contribution in [1.29, 1.82) is 0 Å². The number of ether oxygens (including phenoxy) is 2. The molecule has 0 aromatic heterocycles. The molecule has 1 fully saturated rings. The number of carboxylic acids is 2. The third kappa shape index (κ3) is 47.1. The van der Waals surface area contributed by atoms with E-state index >= 15 is 0 Å². The van der Waals surface area contributed by atoms with Gasteiger partial charge in [-0.1, -0.05) is 50.0 Å². The van der Waals surface area contributed by atoms with Crippen LogP contribution in [0.1, 0.15) is 91.5 Å². The van der Waals surface area contributed by atoms with Crippen molar-refractivity contribution >= 4 is 18.7 Å². The first-order chi connectivity index (χ1) is 13.7. The fraction of sp³-hybridized carbons (Fsp3) is 0.880. The second-order valence-corrected chi connectivity index (χ2v) is 10.6. The van der Waals surface area contributed by atoms with Gasteiger partial charge in [0.25, 0.3) is 0 Å². The third-order valence-electron chi connectivity index (χ3n) is 3.29. The van der Waals surface area contributed by atoms with Crippen LogP contribution >= 0.6 is 0 Å². The summed E-state index contributed by atoms with van der Waals surface area (Å²) in [7, 11) is 0. The number of carbonyl (C=O) groups is 3. The monoisotopic (exact) mass is 870 g/mol. The Hall–Kier alpha value is -0.173. The summed E-state index contributed by atoms with van der Waals surface area (Å²) >= 11 is 0. The molecular formula is C25H58O9W2. The summed E-state index contributed by atoms with van der Waals surface area (Å²) < 4.78 is 10.1. The van der Waals surface area contributed by atoms with E-state index in [-0.39, 0.29) is 88.5 Å². The molecule has 224 valence electrons. The van der Waals surface area contributed by atoms with Gasteiger partial charge < -0.3 is 34.7 Å². The molecule has 0 aliphatic carbocycles. The molecule has 0 amide bonds. The molecule has 0 aromatic carbocycles. The van der Waals surface area contributed by atoms with Gasteiger partial charge in [-0.25, -0.2) is 0 Å². The zero-order chi connectivity index (χ0) is 26.1. The second-order valence-electron chi connectivity index (χ2n) is 10.6. The largest absolute Gasteiger partial charge is 0.481 e. The molecule has 0 spiro atoms. The molecule has 1 aliphatic heterocycles. The van der Waals surface area contributed by atoms with Crippen molar-refractivity contribution in [3.63, 3.8) is 0 Å². The van der Waals surface area contributed by atoms with E-state index in [0.29, 0.717) is 6.79 Å². The second kappa shape index (κ2) is 29.4. The molecule has 36 heavy (non-hydrogen) atoms. The Morgan fingerprint density at radius 3 is 0.972 bits per heavy atom. The van der Waals surface area contributed by atoms with Gasteiger partial charge in [-0.15, -0.1) is 0 Å². The zero-order valence-corrected chi connectivity index (χ0v) is 27.8. The quantitative estimate of drug-likeness (QED) is 0.302. The Kier molecular flexibility index (Phi) is 49.3. The molecule has 9 nitrogen and oxygen atoms in total. The Morgan fingerprint density at radius 2 is 0.917 bits per heavy atom. The number of rotatable bonds is 2. The van der Waals surface area contributed by atoms with Gasteiger partial charge in [0.15, 0.2) is 0 Å². The van der Waals surface area contributed by atoms with E-state index < -0.39 is 22.8 Å². The maximum Gasteiger partial charge on any atom is 0.308 e. The molecule has 0 radical (unpaired) electrons.